The number of benzene rings is 1. The SMILES string of the molecule is Cc1nc(C2(c3ccccc3)CCN(Cc3cc4n(n3)CCCNC4)CC2)cs1.Cl.Cl. The van der Waals surface area contributed by atoms with E-state index in [1.807, 2.05) is 0 Å². The molecule has 31 heavy (non-hydrogen) atoms. The van der Waals surface area contributed by atoms with Crippen LogP contribution < -0.4 is 5.32 Å². The minimum Gasteiger partial charge on any atom is -0.311 e. The molecule has 168 valence electrons. The molecule has 8 heteroatoms. The predicted octanol–water partition coefficient (Wildman–Crippen LogP) is 4.57. The predicted molar refractivity (Wildman–Crippen MR) is 132 cm³/mol. The molecule has 0 bridgehead atoms. The maximum atomic E-state index is 4.92. The fraction of sp³-hybridized carbons (Fsp3) is 0.478. The molecule has 0 saturated carbocycles. The third kappa shape index (κ3) is 4.99. The zero-order chi connectivity index (χ0) is 19.7. The molecule has 0 spiro atoms. The summed E-state index contributed by atoms with van der Waals surface area (Å²) in [5, 5.41) is 11.8. The zero-order valence-corrected chi connectivity index (χ0v) is 20.4. The van der Waals surface area contributed by atoms with E-state index in [0.717, 1.165) is 63.5 Å². The Bertz CT molecular complexity index is 940. The standard InChI is InChI=1S/C23H29N5S.2ClH/c1-18-25-22(17-29-18)23(19-6-3-2-4-7-19)8-12-27(13-9-23)16-20-14-21-15-24-10-5-11-28(21)26-20;;/h2-4,6-7,14,17,24H,5,8-13,15-16H2,1H3;2*1H. The molecule has 0 unspecified atom stereocenters. The van der Waals surface area contributed by atoms with E-state index < -0.39 is 0 Å². The first-order valence-electron chi connectivity index (χ1n) is 10.7. The molecule has 5 rings (SSSR count). The number of hydrogen-bond acceptors (Lipinski definition) is 5. The lowest BCUT2D eigenvalue weighted by Gasteiger charge is -2.41. The van der Waals surface area contributed by atoms with E-state index in [-0.39, 0.29) is 30.2 Å². The van der Waals surface area contributed by atoms with Crippen LogP contribution in [0.4, 0.5) is 0 Å². The summed E-state index contributed by atoms with van der Waals surface area (Å²) in [5.41, 5.74) is 5.24. The minimum atomic E-state index is 0. The van der Waals surface area contributed by atoms with Crippen molar-refractivity contribution in [2.24, 2.45) is 0 Å². The van der Waals surface area contributed by atoms with Crippen molar-refractivity contribution in [3.8, 4) is 0 Å². The largest absolute Gasteiger partial charge is 0.311 e. The summed E-state index contributed by atoms with van der Waals surface area (Å²) in [7, 11) is 0. The van der Waals surface area contributed by atoms with E-state index in [2.05, 4.69) is 63.6 Å². The highest BCUT2D eigenvalue weighted by atomic mass is 35.5. The van der Waals surface area contributed by atoms with Gasteiger partial charge >= 0.3 is 0 Å². The molecule has 0 atom stereocenters. The number of thiazole rings is 1. The topological polar surface area (TPSA) is 46.0 Å². The number of aryl methyl sites for hydroxylation is 2. The number of aromatic nitrogens is 3. The van der Waals surface area contributed by atoms with E-state index >= 15 is 0 Å². The molecule has 0 aliphatic carbocycles. The molecule has 1 aromatic carbocycles. The molecule has 1 saturated heterocycles. The number of halogens is 2. The molecule has 0 amide bonds. The molecular weight excluding hydrogens is 449 g/mol. The van der Waals surface area contributed by atoms with Crippen molar-refractivity contribution in [2.75, 3.05) is 19.6 Å². The van der Waals surface area contributed by atoms with Crippen molar-refractivity contribution in [2.45, 2.75) is 51.2 Å². The number of piperidine rings is 1. The van der Waals surface area contributed by atoms with E-state index in [9.17, 15) is 0 Å². The number of rotatable bonds is 4. The van der Waals surface area contributed by atoms with Crippen LogP contribution in [0.25, 0.3) is 0 Å². The second-order valence-corrected chi connectivity index (χ2v) is 9.42. The summed E-state index contributed by atoms with van der Waals surface area (Å²) in [6.45, 7) is 8.26. The first kappa shape index (κ1) is 24.2. The average Bonchev–Trinajstić information content (AvgIpc) is 3.29. The first-order valence-corrected chi connectivity index (χ1v) is 11.6. The van der Waals surface area contributed by atoms with Gasteiger partial charge in [-0.3, -0.25) is 9.58 Å². The van der Waals surface area contributed by atoms with Gasteiger partial charge in [-0.25, -0.2) is 4.98 Å². The fourth-order valence-corrected chi connectivity index (χ4v) is 5.57. The molecule has 4 heterocycles. The van der Waals surface area contributed by atoms with Crippen molar-refractivity contribution in [3.05, 3.63) is 69.4 Å². The van der Waals surface area contributed by atoms with Crippen LogP contribution in [-0.2, 0) is 25.0 Å². The van der Waals surface area contributed by atoms with Gasteiger partial charge in [-0.05, 0) is 57.5 Å². The van der Waals surface area contributed by atoms with Gasteiger partial charge in [0.2, 0.25) is 0 Å². The second kappa shape index (κ2) is 10.5. The number of fused-ring (bicyclic) bond motifs is 1. The highest BCUT2D eigenvalue weighted by molar-refractivity contribution is 7.09. The normalized spacial score (nSPS) is 18.4. The van der Waals surface area contributed by atoms with Gasteiger partial charge in [0.1, 0.15) is 0 Å². The van der Waals surface area contributed by atoms with Crippen LogP contribution in [-0.4, -0.2) is 39.3 Å². The van der Waals surface area contributed by atoms with E-state index in [0.29, 0.717) is 0 Å². The summed E-state index contributed by atoms with van der Waals surface area (Å²) in [4.78, 5) is 7.49. The summed E-state index contributed by atoms with van der Waals surface area (Å²) < 4.78 is 2.20. The van der Waals surface area contributed by atoms with Gasteiger partial charge in [0.15, 0.2) is 0 Å². The summed E-state index contributed by atoms with van der Waals surface area (Å²) in [6, 6.07) is 13.3. The van der Waals surface area contributed by atoms with Crippen LogP contribution in [0.1, 0.15) is 46.9 Å². The van der Waals surface area contributed by atoms with E-state index in [4.69, 9.17) is 10.1 Å². The van der Waals surface area contributed by atoms with Crippen LogP contribution >= 0.6 is 36.2 Å². The third-order valence-electron chi connectivity index (χ3n) is 6.47. The lowest BCUT2D eigenvalue weighted by molar-refractivity contribution is 0.168. The van der Waals surface area contributed by atoms with Crippen LogP contribution in [0, 0.1) is 6.92 Å². The van der Waals surface area contributed by atoms with Crippen molar-refractivity contribution in [1.29, 1.82) is 0 Å². The average molecular weight is 481 g/mol. The van der Waals surface area contributed by atoms with Gasteiger partial charge in [0, 0.05) is 30.4 Å². The van der Waals surface area contributed by atoms with Crippen molar-refractivity contribution in [3.63, 3.8) is 0 Å². The molecule has 2 aliphatic heterocycles. The summed E-state index contributed by atoms with van der Waals surface area (Å²) in [6.07, 6.45) is 3.37. The van der Waals surface area contributed by atoms with Crippen molar-refractivity contribution < 1.29 is 0 Å². The summed E-state index contributed by atoms with van der Waals surface area (Å²) in [5.74, 6) is 0. The second-order valence-electron chi connectivity index (χ2n) is 8.36. The van der Waals surface area contributed by atoms with Gasteiger partial charge in [0.25, 0.3) is 0 Å². The van der Waals surface area contributed by atoms with E-state index in [1.54, 1.807) is 11.3 Å². The molecule has 2 aromatic heterocycles. The first-order chi connectivity index (χ1) is 14.2. The lowest BCUT2D eigenvalue weighted by atomic mass is 9.70. The number of nitrogens with zero attached hydrogens (tertiary/aromatic N) is 4. The van der Waals surface area contributed by atoms with Gasteiger partial charge in [-0.2, -0.15) is 5.10 Å². The van der Waals surface area contributed by atoms with Crippen LogP contribution in [0.3, 0.4) is 0 Å². The lowest BCUT2D eigenvalue weighted by Crippen LogP contribution is -2.43. The van der Waals surface area contributed by atoms with Crippen LogP contribution in [0.15, 0.2) is 41.8 Å². The van der Waals surface area contributed by atoms with E-state index in [1.165, 1.54) is 22.6 Å². The molecule has 3 aromatic rings. The van der Waals surface area contributed by atoms with Crippen molar-refractivity contribution in [1.82, 2.24) is 25.0 Å². The Balaban J connectivity index is 0.00000136. The molecule has 2 aliphatic rings. The van der Waals surface area contributed by atoms with Gasteiger partial charge in [-0.1, -0.05) is 30.3 Å². The minimum absolute atomic E-state index is 0. The number of likely N-dealkylation sites (tertiary alicyclic amines) is 1. The molecule has 0 radical (unpaired) electrons. The Morgan fingerprint density at radius 2 is 1.87 bits per heavy atom. The third-order valence-corrected chi connectivity index (χ3v) is 7.25. The quantitative estimate of drug-likeness (QED) is 0.595. The molecule has 1 fully saturated rings. The Morgan fingerprint density at radius 3 is 2.58 bits per heavy atom. The van der Waals surface area contributed by atoms with Gasteiger partial charge < -0.3 is 5.32 Å². The monoisotopic (exact) mass is 479 g/mol. The molecule has 5 nitrogen and oxygen atoms in total. The Kier molecular flexibility index (Phi) is 8.16. The number of nitrogens with one attached hydrogen (secondary N) is 1. The molecular formula is C23H31Cl2N5S. The van der Waals surface area contributed by atoms with Crippen LogP contribution in [0.2, 0.25) is 0 Å². The maximum absolute atomic E-state index is 4.92. The fourth-order valence-electron chi connectivity index (χ4n) is 4.85. The Hall–Kier alpha value is -1.44. The highest BCUT2D eigenvalue weighted by Gasteiger charge is 2.39. The van der Waals surface area contributed by atoms with Gasteiger partial charge in [0.05, 0.1) is 22.1 Å². The smallest absolute Gasteiger partial charge is 0.0897 e. The number of hydrogen-bond donors (Lipinski definition) is 1. The molecule has 1 N–H and O–H groups in total. The zero-order valence-electron chi connectivity index (χ0n) is 17.9. The summed E-state index contributed by atoms with van der Waals surface area (Å²) >= 11 is 1.77. The Morgan fingerprint density at radius 1 is 1.10 bits per heavy atom. The Labute approximate surface area is 201 Å². The van der Waals surface area contributed by atoms with Crippen molar-refractivity contribution >= 4 is 36.2 Å². The van der Waals surface area contributed by atoms with Crippen LogP contribution in [0.5, 0.6) is 0 Å². The highest BCUT2D eigenvalue weighted by Crippen LogP contribution is 2.42. The maximum Gasteiger partial charge on any atom is 0.0897 e. The van der Waals surface area contributed by atoms with Gasteiger partial charge in [-0.15, -0.1) is 36.2 Å².